The lowest BCUT2D eigenvalue weighted by atomic mass is 10.1. The van der Waals surface area contributed by atoms with Crippen LogP contribution in [0, 0.1) is 0 Å². The number of halogens is 1. The lowest BCUT2D eigenvalue weighted by Crippen LogP contribution is -2.30. The third-order valence-corrected chi connectivity index (χ3v) is 5.27. The second-order valence-corrected chi connectivity index (χ2v) is 8.22. The minimum Gasteiger partial charge on any atom is -0.395 e. The molecule has 0 saturated carbocycles. The molecule has 0 amide bonds. The Labute approximate surface area is 159 Å². The van der Waals surface area contributed by atoms with E-state index in [1.165, 1.54) is 4.31 Å². The Bertz CT molecular complexity index is 815. The molecular formula is C18H23ClN2O4S. The van der Waals surface area contributed by atoms with Gasteiger partial charge in [-0.05, 0) is 23.3 Å². The van der Waals surface area contributed by atoms with Crippen molar-refractivity contribution >= 4 is 27.3 Å². The molecule has 6 nitrogen and oxygen atoms in total. The van der Waals surface area contributed by atoms with Gasteiger partial charge in [-0.1, -0.05) is 48.0 Å². The second-order valence-electron chi connectivity index (χ2n) is 5.91. The monoisotopic (exact) mass is 398 g/mol. The summed E-state index contributed by atoms with van der Waals surface area (Å²) >= 11 is 6.26. The summed E-state index contributed by atoms with van der Waals surface area (Å²) in [7, 11) is -3.58. The van der Waals surface area contributed by atoms with Crippen LogP contribution in [0.4, 0.5) is 5.69 Å². The minimum absolute atomic E-state index is 0.0302. The van der Waals surface area contributed by atoms with Gasteiger partial charge in [-0.15, -0.1) is 0 Å². The van der Waals surface area contributed by atoms with E-state index in [-0.39, 0.29) is 24.7 Å². The van der Waals surface area contributed by atoms with Crippen LogP contribution >= 0.6 is 11.6 Å². The van der Waals surface area contributed by atoms with Crippen molar-refractivity contribution < 1.29 is 18.6 Å². The van der Waals surface area contributed by atoms with E-state index in [9.17, 15) is 13.5 Å². The summed E-state index contributed by atoms with van der Waals surface area (Å²) in [5.74, 6) is 0. The van der Waals surface area contributed by atoms with Crippen molar-refractivity contribution in [2.24, 2.45) is 0 Å². The normalized spacial score (nSPS) is 12.8. The Morgan fingerprint density at radius 2 is 1.88 bits per heavy atom. The first-order chi connectivity index (χ1) is 12.3. The number of nitrogens with one attached hydrogen (secondary N) is 1. The summed E-state index contributed by atoms with van der Waals surface area (Å²) in [4.78, 5) is 0. The fraction of sp³-hybridized carbons (Fsp3) is 0.333. The van der Waals surface area contributed by atoms with Crippen LogP contribution in [0.1, 0.15) is 17.2 Å². The Hall–Kier alpha value is -1.64. The molecule has 0 aliphatic rings. The highest BCUT2D eigenvalue weighted by molar-refractivity contribution is 7.92. The molecule has 26 heavy (non-hydrogen) atoms. The van der Waals surface area contributed by atoms with Gasteiger partial charge in [-0.25, -0.2) is 8.42 Å². The van der Waals surface area contributed by atoms with E-state index in [4.69, 9.17) is 16.7 Å². The molecular weight excluding hydrogens is 376 g/mol. The number of rotatable bonds is 9. The number of sulfonamides is 1. The number of aliphatic hydroxyl groups excluding tert-OH is 2. The molecule has 0 radical (unpaired) electrons. The molecule has 2 aromatic rings. The van der Waals surface area contributed by atoms with Gasteiger partial charge < -0.3 is 15.5 Å². The average Bonchev–Trinajstić information content (AvgIpc) is 2.60. The maximum Gasteiger partial charge on any atom is 0.232 e. The predicted molar refractivity (Wildman–Crippen MR) is 104 cm³/mol. The van der Waals surface area contributed by atoms with Crippen LogP contribution in [0.15, 0.2) is 48.5 Å². The molecule has 8 heteroatoms. The molecule has 0 saturated heterocycles. The van der Waals surface area contributed by atoms with Crippen molar-refractivity contribution in [2.75, 3.05) is 30.3 Å². The van der Waals surface area contributed by atoms with Gasteiger partial charge in [0, 0.05) is 13.1 Å². The van der Waals surface area contributed by atoms with Crippen molar-refractivity contribution in [1.29, 1.82) is 0 Å². The third-order valence-electron chi connectivity index (χ3n) is 3.82. The van der Waals surface area contributed by atoms with Crippen molar-refractivity contribution in [1.82, 2.24) is 5.32 Å². The van der Waals surface area contributed by atoms with E-state index in [1.54, 1.807) is 18.2 Å². The summed E-state index contributed by atoms with van der Waals surface area (Å²) in [6.07, 6.45) is 0.272. The van der Waals surface area contributed by atoms with Crippen LogP contribution in [0.3, 0.4) is 0 Å². The molecule has 0 spiro atoms. The number of hydrogen-bond acceptors (Lipinski definition) is 5. The lowest BCUT2D eigenvalue weighted by Gasteiger charge is -2.25. The van der Waals surface area contributed by atoms with Crippen LogP contribution in [0.2, 0.25) is 5.02 Å². The molecule has 2 rings (SSSR count). The van der Waals surface area contributed by atoms with Crippen LogP contribution in [0.25, 0.3) is 0 Å². The topological polar surface area (TPSA) is 89.9 Å². The summed E-state index contributed by atoms with van der Waals surface area (Å²) < 4.78 is 25.9. The van der Waals surface area contributed by atoms with E-state index in [2.05, 4.69) is 5.32 Å². The smallest absolute Gasteiger partial charge is 0.232 e. The zero-order valence-corrected chi connectivity index (χ0v) is 16.0. The molecule has 1 atom stereocenters. The fourth-order valence-electron chi connectivity index (χ4n) is 2.49. The minimum atomic E-state index is -3.58. The number of aliphatic hydroxyl groups is 2. The lowest BCUT2D eigenvalue weighted by molar-refractivity contribution is 0.171. The first-order valence-corrected chi connectivity index (χ1v) is 10.4. The first-order valence-electron chi connectivity index (χ1n) is 8.13. The molecule has 0 aliphatic carbocycles. The number of benzene rings is 2. The SMILES string of the molecule is CS(=O)(=O)N(Cc1ccccc1)c1cc(C(O)CNCCO)ccc1Cl. The zero-order valence-electron chi connectivity index (χ0n) is 14.5. The third kappa shape index (κ3) is 5.69. The van der Waals surface area contributed by atoms with E-state index in [0.29, 0.717) is 17.8 Å². The van der Waals surface area contributed by atoms with E-state index >= 15 is 0 Å². The summed E-state index contributed by atoms with van der Waals surface area (Å²) in [5.41, 5.74) is 1.68. The van der Waals surface area contributed by atoms with Gasteiger partial charge >= 0.3 is 0 Å². The van der Waals surface area contributed by atoms with Gasteiger partial charge in [0.25, 0.3) is 0 Å². The van der Waals surface area contributed by atoms with E-state index < -0.39 is 16.1 Å². The quantitative estimate of drug-likeness (QED) is 0.561. The van der Waals surface area contributed by atoms with Gasteiger partial charge in [0.1, 0.15) is 0 Å². The van der Waals surface area contributed by atoms with Gasteiger partial charge in [-0.3, -0.25) is 4.31 Å². The standard InChI is InChI=1S/C18H23ClN2O4S/c1-26(24,25)21(13-14-5-3-2-4-6-14)17-11-15(7-8-16(17)19)18(23)12-20-9-10-22/h2-8,11,18,20,22-23H,9-10,12-13H2,1H3. The number of nitrogens with zero attached hydrogens (tertiary/aromatic N) is 1. The van der Waals surface area contributed by atoms with Gasteiger partial charge in [0.15, 0.2) is 0 Å². The van der Waals surface area contributed by atoms with Crippen LogP contribution in [-0.2, 0) is 16.6 Å². The Morgan fingerprint density at radius 3 is 2.50 bits per heavy atom. The van der Waals surface area contributed by atoms with Crippen molar-refractivity contribution in [3.05, 3.63) is 64.7 Å². The number of hydrogen-bond donors (Lipinski definition) is 3. The molecule has 0 aromatic heterocycles. The molecule has 0 aliphatic heterocycles. The van der Waals surface area contributed by atoms with Crippen LogP contribution in [-0.4, -0.2) is 44.6 Å². The van der Waals surface area contributed by atoms with Crippen LogP contribution < -0.4 is 9.62 Å². The van der Waals surface area contributed by atoms with Gasteiger partial charge in [0.2, 0.25) is 10.0 Å². The Morgan fingerprint density at radius 1 is 1.19 bits per heavy atom. The first kappa shape index (κ1) is 20.7. The second kappa shape index (κ2) is 9.34. The molecule has 2 aromatic carbocycles. The molecule has 1 unspecified atom stereocenters. The summed E-state index contributed by atoms with van der Waals surface area (Å²) in [6, 6.07) is 14.0. The Balaban J connectivity index is 2.33. The Kier molecular flexibility index (Phi) is 7.43. The predicted octanol–water partition coefficient (Wildman–Crippen LogP) is 1.92. The molecule has 0 heterocycles. The average molecular weight is 399 g/mol. The van der Waals surface area contributed by atoms with E-state index in [1.807, 2.05) is 30.3 Å². The summed E-state index contributed by atoms with van der Waals surface area (Å²) in [6.45, 7) is 0.708. The summed E-state index contributed by atoms with van der Waals surface area (Å²) in [5, 5.41) is 22.3. The van der Waals surface area contributed by atoms with Crippen molar-refractivity contribution in [3.8, 4) is 0 Å². The van der Waals surface area contributed by atoms with E-state index in [0.717, 1.165) is 11.8 Å². The van der Waals surface area contributed by atoms with Crippen molar-refractivity contribution in [2.45, 2.75) is 12.6 Å². The van der Waals surface area contributed by atoms with Crippen LogP contribution in [0.5, 0.6) is 0 Å². The number of anilines is 1. The molecule has 0 bridgehead atoms. The van der Waals surface area contributed by atoms with Crippen molar-refractivity contribution in [3.63, 3.8) is 0 Å². The molecule has 3 N–H and O–H groups in total. The van der Waals surface area contributed by atoms with Gasteiger partial charge in [0.05, 0.1) is 36.2 Å². The fourth-order valence-corrected chi connectivity index (χ4v) is 3.66. The highest BCUT2D eigenvalue weighted by atomic mass is 35.5. The zero-order chi connectivity index (χ0) is 19.2. The maximum absolute atomic E-state index is 12.3. The highest BCUT2D eigenvalue weighted by Crippen LogP contribution is 2.32. The maximum atomic E-state index is 12.3. The highest BCUT2D eigenvalue weighted by Gasteiger charge is 2.22. The molecule has 142 valence electrons. The molecule has 0 fully saturated rings. The van der Waals surface area contributed by atoms with Gasteiger partial charge in [-0.2, -0.15) is 0 Å². The largest absolute Gasteiger partial charge is 0.395 e.